The third-order valence-electron chi connectivity index (χ3n) is 5.20. The maximum Gasteiger partial charge on any atom is 0.243 e. The molecule has 2 atom stereocenters. The van der Waals surface area contributed by atoms with Crippen molar-refractivity contribution in [1.82, 2.24) is 10.2 Å². The van der Waals surface area contributed by atoms with Gasteiger partial charge in [-0.25, -0.2) is 0 Å². The summed E-state index contributed by atoms with van der Waals surface area (Å²) in [5.41, 5.74) is 1.00. The molecule has 6 heteroatoms. The van der Waals surface area contributed by atoms with E-state index in [1.165, 1.54) is 0 Å². The van der Waals surface area contributed by atoms with Crippen LogP contribution in [-0.4, -0.2) is 35.4 Å². The SMILES string of the molecule is CCC(C)NC(=O)C(CC)N(Cc1ccccc1)C(=O)CCCOc1ccc(Cl)cc1. The van der Waals surface area contributed by atoms with Gasteiger partial charge in [-0.05, 0) is 56.0 Å². The molecule has 0 aliphatic rings. The second kappa shape index (κ2) is 13.0. The van der Waals surface area contributed by atoms with Gasteiger partial charge in [-0.1, -0.05) is 55.8 Å². The van der Waals surface area contributed by atoms with Crippen molar-refractivity contribution in [2.45, 2.75) is 65.1 Å². The molecule has 0 spiro atoms. The number of ether oxygens (including phenoxy) is 1. The highest BCUT2D eigenvalue weighted by Gasteiger charge is 2.28. The van der Waals surface area contributed by atoms with E-state index in [-0.39, 0.29) is 17.9 Å². The van der Waals surface area contributed by atoms with Gasteiger partial charge in [-0.3, -0.25) is 9.59 Å². The standard InChI is InChI=1S/C25H33ClN2O3/c1-4-19(3)27-25(30)23(5-2)28(18-20-10-7-6-8-11-20)24(29)12-9-17-31-22-15-13-21(26)14-16-22/h6-8,10-11,13-16,19,23H,4-5,9,12,17-18H2,1-3H3,(H,27,30). The van der Waals surface area contributed by atoms with E-state index in [2.05, 4.69) is 5.32 Å². The second-order valence-electron chi connectivity index (χ2n) is 7.66. The first kappa shape index (κ1) is 24.7. The summed E-state index contributed by atoms with van der Waals surface area (Å²) >= 11 is 5.89. The van der Waals surface area contributed by atoms with Gasteiger partial charge in [0.15, 0.2) is 0 Å². The predicted molar refractivity (Wildman–Crippen MR) is 125 cm³/mol. The summed E-state index contributed by atoms with van der Waals surface area (Å²) in [6.07, 6.45) is 2.28. The van der Waals surface area contributed by atoms with Crippen LogP contribution in [0.15, 0.2) is 54.6 Å². The molecule has 0 aliphatic carbocycles. The lowest BCUT2D eigenvalue weighted by Gasteiger charge is -2.31. The summed E-state index contributed by atoms with van der Waals surface area (Å²) in [7, 11) is 0. The number of halogens is 1. The van der Waals surface area contributed by atoms with Gasteiger partial charge in [0, 0.05) is 24.0 Å². The molecule has 0 aliphatic heterocycles. The number of benzene rings is 2. The zero-order chi connectivity index (χ0) is 22.6. The first-order valence-corrected chi connectivity index (χ1v) is 11.3. The maximum absolute atomic E-state index is 13.1. The average Bonchev–Trinajstić information content (AvgIpc) is 2.78. The molecular formula is C25H33ClN2O3. The van der Waals surface area contributed by atoms with Crippen molar-refractivity contribution >= 4 is 23.4 Å². The Morgan fingerprint density at radius 2 is 1.71 bits per heavy atom. The Labute approximate surface area is 190 Å². The van der Waals surface area contributed by atoms with Crippen LogP contribution in [-0.2, 0) is 16.1 Å². The zero-order valence-corrected chi connectivity index (χ0v) is 19.4. The van der Waals surface area contributed by atoms with E-state index in [1.807, 2.05) is 51.1 Å². The summed E-state index contributed by atoms with van der Waals surface area (Å²) in [4.78, 5) is 27.7. The molecule has 2 amide bonds. The lowest BCUT2D eigenvalue weighted by Crippen LogP contribution is -2.50. The number of amides is 2. The van der Waals surface area contributed by atoms with Crippen molar-refractivity contribution in [3.8, 4) is 5.75 Å². The molecule has 0 bridgehead atoms. The van der Waals surface area contributed by atoms with Gasteiger partial charge >= 0.3 is 0 Å². The molecule has 2 unspecified atom stereocenters. The molecule has 168 valence electrons. The second-order valence-corrected chi connectivity index (χ2v) is 8.09. The van der Waals surface area contributed by atoms with Crippen LogP contribution >= 0.6 is 11.6 Å². The molecule has 2 aromatic carbocycles. The van der Waals surface area contributed by atoms with Gasteiger partial charge in [0.1, 0.15) is 11.8 Å². The lowest BCUT2D eigenvalue weighted by molar-refractivity contribution is -0.141. The smallest absolute Gasteiger partial charge is 0.243 e. The van der Waals surface area contributed by atoms with Gasteiger partial charge in [-0.15, -0.1) is 0 Å². The highest BCUT2D eigenvalue weighted by Crippen LogP contribution is 2.17. The van der Waals surface area contributed by atoms with Crippen LogP contribution in [0.4, 0.5) is 0 Å². The third kappa shape index (κ3) is 8.25. The van der Waals surface area contributed by atoms with Gasteiger partial charge in [0.25, 0.3) is 0 Å². The minimum absolute atomic E-state index is 0.0466. The Kier molecular flexibility index (Phi) is 10.4. The molecule has 0 saturated heterocycles. The number of hydrogen-bond donors (Lipinski definition) is 1. The topological polar surface area (TPSA) is 58.6 Å². The van der Waals surface area contributed by atoms with Crippen LogP contribution < -0.4 is 10.1 Å². The van der Waals surface area contributed by atoms with Crippen LogP contribution in [0.25, 0.3) is 0 Å². The van der Waals surface area contributed by atoms with E-state index in [9.17, 15) is 9.59 Å². The molecule has 0 radical (unpaired) electrons. The number of nitrogens with one attached hydrogen (secondary N) is 1. The van der Waals surface area contributed by atoms with Gasteiger partial charge in [0.2, 0.25) is 11.8 Å². The van der Waals surface area contributed by atoms with Crippen molar-refractivity contribution in [2.24, 2.45) is 0 Å². The van der Waals surface area contributed by atoms with Gasteiger partial charge < -0.3 is 15.0 Å². The highest BCUT2D eigenvalue weighted by molar-refractivity contribution is 6.30. The normalized spacial score (nSPS) is 12.6. The quantitative estimate of drug-likeness (QED) is 0.456. The number of carbonyl (C=O) groups excluding carboxylic acids is 2. The molecule has 0 aromatic heterocycles. The maximum atomic E-state index is 13.1. The molecule has 0 fully saturated rings. The monoisotopic (exact) mass is 444 g/mol. The Hall–Kier alpha value is -2.53. The van der Waals surface area contributed by atoms with Crippen LogP contribution in [0.3, 0.4) is 0 Å². The van der Waals surface area contributed by atoms with E-state index in [4.69, 9.17) is 16.3 Å². The molecule has 31 heavy (non-hydrogen) atoms. The van der Waals surface area contributed by atoms with Crippen molar-refractivity contribution < 1.29 is 14.3 Å². The summed E-state index contributed by atoms with van der Waals surface area (Å²) in [6, 6.07) is 16.5. The highest BCUT2D eigenvalue weighted by atomic mass is 35.5. The van der Waals surface area contributed by atoms with Crippen LogP contribution in [0, 0.1) is 0 Å². The minimum Gasteiger partial charge on any atom is -0.494 e. The third-order valence-corrected chi connectivity index (χ3v) is 5.45. The number of hydrogen-bond acceptors (Lipinski definition) is 3. The Morgan fingerprint density at radius 3 is 2.32 bits per heavy atom. The van der Waals surface area contributed by atoms with Crippen molar-refractivity contribution in [2.75, 3.05) is 6.61 Å². The van der Waals surface area contributed by atoms with Crippen molar-refractivity contribution in [3.63, 3.8) is 0 Å². The van der Waals surface area contributed by atoms with Crippen LogP contribution in [0.1, 0.15) is 52.0 Å². The summed E-state index contributed by atoms with van der Waals surface area (Å²) < 4.78 is 5.70. The van der Waals surface area contributed by atoms with Crippen LogP contribution in [0.5, 0.6) is 5.75 Å². The Bertz CT molecular complexity index is 811. The molecule has 1 N–H and O–H groups in total. The largest absolute Gasteiger partial charge is 0.494 e. The van der Waals surface area contributed by atoms with Crippen molar-refractivity contribution in [1.29, 1.82) is 0 Å². The minimum atomic E-state index is -0.501. The first-order chi connectivity index (χ1) is 14.9. The molecule has 0 heterocycles. The summed E-state index contributed by atoms with van der Waals surface area (Å²) in [5, 5.41) is 3.68. The first-order valence-electron chi connectivity index (χ1n) is 11.0. The summed E-state index contributed by atoms with van der Waals surface area (Å²) in [6.45, 7) is 6.77. The fourth-order valence-corrected chi connectivity index (χ4v) is 3.35. The summed E-state index contributed by atoms with van der Waals surface area (Å²) in [5.74, 6) is 0.575. The Balaban J connectivity index is 2.02. The van der Waals surface area contributed by atoms with E-state index in [1.54, 1.807) is 29.2 Å². The van der Waals surface area contributed by atoms with E-state index < -0.39 is 6.04 Å². The zero-order valence-electron chi connectivity index (χ0n) is 18.6. The number of carbonyl (C=O) groups is 2. The fourth-order valence-electron chi connectivity index (χ4n) is 3.23. The van der Waals surface area contributed by atoms with Gasteiger partial charge in [-0.2, -0.15) is 0 Å². The van der Waals surface area contributed by atoms with Crippen molar-refractivity contribution in [3.05, 3.63) is 65.2 Å². The molecule has 5 nitrogen and oxygen atoms in total. The number of rotatable bonds is 12. The average molecular weight is 445 g/mol. The molecule has 2 rings (SSSR count). The molecule has 0 saturated carbocycles. The lowest BCUT2D eigenvalue weighted by atomic mass is 10.1. The Morgan fingerprint density at radius 1 is 1.03 bits per heavy atom. The van der Waals surface area contributed by atoms with E-state index in [0.29, 0.717) is 37.4 Å². The predicted octanol–water partition coefficient (Wildman–Crippen LogP) is 5.22. The number of nitrogens with zero attached hydrogens (tertiary/aromatic N) is 1. The van der Waals surface area contributed by atoms with E-state index in [0.717, 1.165) is 17.7 Å². The fraction of sp³-hybridized carbons (Fsp3) is 0.440. The molecule has 2 aromatic rings. The van der Waals surface area contributed by atoms with Crippen LogP contribution in [0.2, 0.25) is 5.02 Å². The molecular weight excluding hydrogens is 412 g/mol. The van der Waals surface area contributed by atoms with Gasteiger partial charge in [0.05, 0.1) is 6.61 Å². The van der Waals surface area contributed by atoms with E-state index >= 15 is 0 Å².